The van der Waals surface area contributed by atoms with Crippen molar-refractivity contribution in [3.63, 3.8) is 0 Å². The summed E-state index contributed by atoms with van der Waals surface area (Å²) >= 11 is 3.46. The molecule has 2 N–H and O–H groups in total. The third kappa shape index (κ3) is 4.54. The van der Waals surface area contributed by atoms with E-state index in [0.29, 0.717) is 17.3 Å². The molecule has 0 aliphatic heterocycles. The lowest BCUT2D eigenvalue weighted by atomic mass is 9.94. The van der Waals surface area contributed by atoms with Gasteiger partial charge in [-0.25, -0.2) is 15.0 Å². The minimum absolute atomic E-state index is 0.0396. The summed E-state index contributed by atoms with van der Waals surface area (Å²) < 4.78 is 8.09. The van der Waals surface area contributed by atoms with Gasteiger partial charge in [0.05, 0.1) is 11.7 Å². The zero-order valence-corrected chi connectivity index (χ0v) is 19.6. The summed E-state index contributed by atoms with van der Waals surface area (Å²) in [5, 5.41) is 10.2. The molecule has 1 amide bonds. The molecule has 0 aliphatic carbocycles. The molecular formula is C22H22BrN7O2. The number of nitrogens with one attached hydrogen (secondary N) is 2. The van der Waals surface area contributed by atoms with Crippen LogP contribution in [0.3, 0.4) is 0 Å². The highest BCUT2D eigenvalue weighted by Crippen LogP contribution is 2.25. The number of oxazole rings is 1. The number of rotatable bonds is 6. The molecule has 0 bridgehead atoms. The van der Waals surface area contributed by atoms with Crippen molar-refractivity contribution >= 4 is 33.6 Å². The highest BCUT2D eigenvalue weighted by Gasteiger charge is 2.26. The van der Waals surface area contributed by atoms with Crippen LogP contribution in [0.25, 0.3) is 11.4 Å². The van der Waals surface area contributed by atoms with Gasteiger partial charge in [-0.2, -0.15) is 5.10 Å². The maximum absolute atomic E-state index is 12.8. The Balaban J connectivity index is 1.55. The molecule has 10 heteroatoms. The number of halogens is 1. The fraction of sp³-hybridized carbons (Fsp3) is 0.227. The molecule has 9 nitrogen and oxygen atoms in total. The van der Waals surface area contributed by atoms with Gasteiger partial charge in [0.15, 0.2) is 0 Å². The largest absolute Gasteiger partial charge is 0.440 e. The normalized spacial score (nSPS) is 11.4. The van der Waals surface area contributed by atoms with E-state index in [1.165, 1.54) is 6.26 Å². The van der Waals surface area contributed by atoms with Crippen molar-refractivity contribution in [1.29, 1.82) is 0 Å². The van der Waals surface area contributed by atoms with Gasteiger partial charge in [0.2, 0.25) is 5.95 Å². The first kappa shape index (κ1) is 21.7. The number of hydrogen-bond donors (Lipinski definition) is 2. The number of anilines is 2. The Morgan fingerprint density at radius 2 is 2.03 bits per heavy atom. The van der Waals surface area contributed by atoms with Gasteiger partial charge in [-0.3, -0.25) is 9.48 Å². The predicted octanol–water partition coefficient (Wildman–Crippen LogP) is 4.34. The zero-order chi connectivity index (χ0) is 22.9. The van der Waals surface area contributed by atoms with E-state index in [9.17, 15) is 4.79 Å². The monoisotopic (exact) mass is 495 g/mol. The number of nitrogens with zero attached hydrogens (tertiary/aromatic N) is 5. The van der Waals surface area contributed by atoms with Crippen molar-refractivity contribution < 1.29 is 9.21 Å². The molecule has 0 aliphatic rings. The molecule has 164 valence electrons. The van der Waals surface area contributed by atoms with Crippen LogP contribution in [0, 0.1) is 6.92 Å². The molecule has 32 heavy (non-hydrogen) atoms. The van der Waals surface area contributed by atoms with E-state index in [4.69, 9.17) is 4.42 Å². The first-order valence-corrected chi connectivity index (χ1v) is 10.7. The minimum atomic E-state index is -0.624. The third-order valence-electron chi connectivity index (χ3n) is 4.95. The summed E-state index contributed by atoms with van der Waals surface area (Å²) in [5.74, 6) is 0.678. The van der Waals surface area contributed by atoms with E-state index in [1.54, 1.807) is 17.1 Å². The Kier molecular flexibility index (Phi) is 5.79. The van der Waals surface area contributed by atoms with E-state index in [0.717, 1.165) is 21.4 Å². The molecule has 0 saturated heterocycles. The van der Waals surface area contributed by atoms with Gasteiger partial charge in [-0.1, -0.05) is 28.1 Å². The Morgan fingerprint density at radius 1 is 1.22 bits per heavy atom. The van der Waals surface area contributed by atoms with Crippen LogP contribution in [-0.2, 0) is 12.6 Å². The van der Waals surface area contributed by atoms with Gasteiger partial charge < -0.3 is 15.1 Å². The van der Waals surface area contributed by atoms with Gasteiger partial charge in [-0.15, -0.1) is 0 Å². The number of aryl methyl sites for hydroxylation is 2. The first-order valence-electron chi connectivity index (χ1n) is 9.86. The molecule has 3 heterocycles. The van der Waals surface area contributed by atoms with Gasteiger partial charge in [-0.05, 0) is 44.0 Å². The fourth-order valence-corrected chi connectivity index (χ4v) is 3.55. The predicted molar refractivity (Wildman–Crippen MR) is 123 cm³/mol. The second kappa shape index (κ2) is 8.54. The standard InChI is InChI=1S/C22H22BrN7O2/c1-13-11-24-21(27-17-8-9-25-30(17)4)28-18(13)16-12-32-20(26-16)19(31)29-22(2,3)14-6-5-7-15(23)10-14/h5-12H,1-4H3,(H,29,31)(H,24,27,28). The van der Waals surface area contributed by atoms with Crippen molar-refractivity contribution in [2.24, 2.45) is 7.05 Å². The minimum Gasteiger partial charge on any atom is -0.440 e. The van der Waals surface area contributed by atoms with Crippen LogP contribution >= 0.6 is 15.9 Å². The summed E-state index contributed by atoms with van der Waals surface area (Å²) in [6.07, 6.45) is 4.78. The Hall–Kier alpha value is -3.53. The van der Waals surface area contributed by atoms with E-state index in [-0.39, 0.29) is 5.89 Å². The maximum Gasteiger partial charge on any atom is 0.307 e. The molecule has 4 aromatic rings. The van der Waals surface area contributed by atoms with Crippen LogP contribution in [0.4, 0.5) is 11.8 Å². The van der Waals surface area contributed by atoms with E-state index >= 15 is 0 Å². The van der Waals surface area contributed by atoms with Crippen LogP contribution in [0.1, 0.15) is 35.7 Å². The molecular weight excluding hydrogens is 474 g/mol. The van der Waals surface area contributed by atoms with Crippen molar-refractivity contribution in [2.75, 3.05) is 5.32 Å². The topological polar surface area (TPSA) is 111 Å². The van der Waals surface area contributed by atoms with Gasteiger partial charge in [0.1, 0.15) is 23.5 Å². The molecule has 0 saturated carbocycles. The fourth-order valence-electron chi connectivity index (χ4n) is 3.15. The number of carbonyl (C=O) groups excluding carboxylic acids is 1. The average Bonchev–Trinajstić information content (AvgIpc) is 3.39. The molecule has 0 radical (unpaired) electrons. The summed E-state index contributed by atoms with van der Waals surface area (Å²) in [6, 6.07) is 9.58. The van der Waals surface area contributed by atoms with E-state index in [1.807, 2.05) is 58.2 Å². The second-order valence-electron chi connectivity index (χ2n) is 7.82. The number of hydrogen-bond acceptors (Lipinski definition) is 7. The van der Waals surface area contributed by atoms with Gasteiger partial charge in [0.25, 0.3) is 5.89 Å². The summed E-state index contributed by atoms with van der Waals surface area (Å²) in [6.45, 7) is 5.71. The van der Waals surface area contributed by atoms with Crippen LogP contribution < -0.4 is 10.6 Å². The average molecular weight is 496 g/mol. The van der Waals surface area contributed by atoms with Crippen LogP contribution in [-0.4, -0.2) is 30.6 Å². The molecule has 0 unspecified atom stereocenters. The molecule has 0 atom stereocenters. The third-order valence-corrected chi connectivity index (χ3v) is 5.44. The highest BCUT2D eigenvalue weighted by atomic mass is 79.9. The SMILES string of the molecule is Cc1cnc(Nc2ccnn2C)nc1-c1coc(C(=O)NC(C)(C)c2cccc(Br)c2)n1. The zero-order valence-electron chi connectivity index (χ0n) is 18.0. The maximum atomic E-state index is 12.8. The molecule has 1 aromatic carbocycles. The summed E-state index contributed by atoms with van der Waals surface area (Å²) in [5.41, 5.74) is 2.14. The van der Waals surface area contributed by atoms with Crippen molar-refractivity contribution in [2.45, 2.75) is 26.3 Å². The molecule has 0 fully saturated rings. The Bertz CT molecular complexity index is 1280. The smallest absolute Gasteiger partial charge is 0.307 e. The van der Waals surface area contributed by atoms with Crippen LogP contribution in [0.5, 0.6) is 0 Å². The molecule has 4 rings (SSSR count). The Labute approximate surface area is 193 Å². The van der Waals surface area contributed by atoms with E-state index in [2.05, 4.69) is 46.6 Å². The first-order chi connectivity index (χ1) is 15.2. The van der Waals surface area contributed by atoms with Crippen LogP contribution in [0.15, 0.2) is 57.9 Å². The van der Waals surface area contributed by atoms with Gasteiger partial charge in [0, 0.05) is 23.8 Å². The van der Waals surface area contributed by atoms with Gasteiger partial charge >= 0.3 is 5.91 Å². The molecule has 3 aromatic heterocycles. The Morgan fingerprint density at radius 3 is 2.75 bits per heavy atom. The lowest BCUT2D eigenvalue weighted by Gasteiger charge is -2.26. The van der Waals surface area contributed by atoms with Crippen LogP contribution in [0.2, 0.25) is 0 Å². The number of benzene rings is 1. The summed E-state index contributed by atoms with van der Waals surface area (Å²) in [7, 11) is 1.82. The number of amides is 1. The van der Waals surface area contributed by atoms with Crippen molar-refractivity contribution in [3.05, 3.63) is 70.5 Å². The van der Waals surface area contributed by atoms with Crippen molar-refractivity contribution in [3.8, 4) is 11.4 Å². The van der Waals surface area contributed by atoms with E-state index < -0.39 is 11.4 Å². The second-order valence-corrected chi connectivity index (χ2v) is 8.73. The lowest BCUT2D eigenvalue weighted by molar-refractivity contribution is 0.0876. The molecule has 0 spiro atoms. The summed E-state index contributed by atoms with van der Waals surface area (Å²) in [4.78, 5) is 26.0. The number of carbonyl (C=O) groups is 1. The number of aromatic nitrogens is 5. The quantitative estimate of drug-likeness (QED) is 0.409. The van der Waals surface area contributed by atoms with Crippen molar-refractivity contribution in [1.82, 2.24) is 30.0 Å². The lowest BCUT2D eigenvalue weighted by Crippen LogP contribution is -2.41. The highest BCUT2D eigenvalue weighted by molar-refractivity contribution is 9.10.